The summed E-state index contributed by atoms with van der Waals surface area (Å²) in [6.45, 7) is 2.43. The van der Waals surface area contributed by atoms with Crippen molar-refractivity contribution in [1.29, 1.82) is 0 Å². The highest BCUT2D eigenvalue weighted by molar-refractivity contribution is 7.89. The topological polar surface area (TPSA) is 84.5 Å². The quantitative estimate of drug-likeness (QED) is 0.675. The molecule has 0 heterocycles. The Morgan fingerprint density at radius 1 is 1.07 bits per heavy atom. The fourth-order valence-corrected chi connectivity index (χ4v) is 4.40. The first-order valence-corrected chi connectivity index (χ1v) is 11.0. The van der Waals surface area contributed by atoms with Gasteiger partial charge in [0, 0.05) is 13.0 Å². The predicted molar refractivity (Wildman–Crippen MR) is 108 cm³/mol. The molecule has 3 rings (SSSR count). The van der Waals surface area contributed by atoms with E-state index in [1.54, 1.807) is 12.1 Å². The molecular formula is C21H26N2O4S. The fraction of sp³-hybridized carbons (Fsp3) is 0.381. The van der Waals surface area contributed by atoms with Crippen LogP contribution in [0.25, 0.3) is 0 Å². The van der Waals surface area contributed by atoms with E-state index in [0.717, 1.165) is 24.8 Å². The van der Waals surface area contributed by atoms with Crippen LogP contribution in [-0.4, -0.2) is 27.5 Å². The second-order valence-corrected chi connectivity index (χ2v) is 8.67. The molecule has 1 aliphatic carbocycles. The molecule has 1 aliphatic rings. The van der Waals surface area contributed by atoms with Crippen LogP contribution in [0.5, 0.6) is 5.75 Å². The van der Waals surface area contributed by atoms with Crippen molar-refractivity contribution in [2.24, 2.45) is 0 Å². The van der Waals surface area contributed by atoms with Crippen molar-refractivity contribution in [3.05, 3.63) is 60.2 Å². The van der Waals surface area contributed by atoms with Gasteiger partial charge in [0.1, 0.15) is 5.75 Å². The second kappa shape index (κ2) is 8.75. The van der Waals surface area contributed by atoms with Crippen LogP contribution >= 0.6 is 0 Å². The summed E-state index contributed by atoms with van der Waals surface area (Å²) < 4.78 is 32.6. The lowest BCUT2D eigenvalue weighted by atomic mass is 9.71. The fourth-order valence-electron chi connectivity index (χ4n) is 3.37. The van der Waals surface area contributed by atoms with Crippen molar-refractivity contribution in [3.8, 4) is 5.75 Å². The molecule has 2 aromatic rings. The van der Waals surface area contributed by atoms with Crippen molar-refractivity contribution in [1.82, 2.24) is 10.0 Å². The molecule has 0 aromatic heterocycles. The average Bonchev–Trinajstić information content (AvgIpc) is 2.66. The molecule has 6 nitrogen and oxygen atoms in total. The van der Waals surface area contributed by atoms with Gasteiger partial charge in [0.25, 0.3) is 0 Å². The average molecular weight is 403 g/mol. The SMILES string of the molecule is CCOc1ccc(S(=O)(=O)NCCC(=O)NC2(c3ccccc3)CCC2)cc1. The van der Waals surface area contributed by atoms with Gasteiger partial charge < -0.3 is 10.1 Å². The van der Waals surface area contributed by atoms with Crippen molar-refractivity contribution < 1.29 is 17.9 Å². The summed E-state index contributed by atoms with van der Waals surface area (Å²) in [5.74, 6) is 0.463. The summed E-state index contributed by atoms with van der Waals surface area (Å²) in [7, 11) is -3.66. The number of sulfonamides is 1. The number of rotatable bonds is 9. The lowest BCUT2D eigenvalue weighted by molar-refractivity contribution is -0.124. The molecule has 2 N–H and O–H groups in total. The van der Waals surface area contributed by atoms with Crippen LogP contribution in [0.2, 0.25) is 0 Å². The maximum absolute atomic E-state index is 12.4. The van der Waals surface area contributed by atoms with Gasteiger partial charge in [-0.3, -0.25) is 4.79 Å². The van der Waals surface area contributed by atoms with E-state index in [0.29, 0.717) is 12.4 Å². The van der Waals surface area contributed by atoms with Gasteiger partial charge in [-0.25, -0.2) is 13.1 Å². The maximum Gasteiger partial charge on any atom is 0.240 e. The Kier molecular flexibility index (Phi) is 6.36. The molecular weight excluding hydrogens is 376 g/mol. The molecule has 0 aliphatic heterocycles. The molecule has 28 heavy (non-hydrogen) atoms. The van der Waals surface area contributed by atoms with E-state index in [9.17, 15) is 13.2 Å². The molecule has 0 bridgehead atoms. The number of nitrogens with one attached hydrogen (secondary N) is 2. The maximum atomic E-state index is 12.4. The van der Waals surface area contributed by atoms with Crippen molar-refractivity contribution in [3.63, 3.8) is 0 Å². The number of carbonyl (C=O) groups is 1. The minimum absolute atomic E-state index is 0.0479. The Bertz CT molecular complexity index is 892. The highest BCUT2D eigenvalue weighted by Gasteiger charge is 2.39. The zero-order chi connectivity index (χ0) is 20.0. The van der Waals surface area contributed by atoms with E-state index in [1.807, 2.05) is 37.3 Å². The molecule has 0 unspecified atom stereocenters. The number of hydrogen-bond acceptors (Lipinski definition) is 4. The lowest BCUT2D eigenvalue weighted by Gasteiger charge is -2.43. The zero-order valence-corrected chi connectivity index (χ0v) is 16.8. The van der Waals surface area contributed by atoms with Gasteiger partial charge in [-0.05, 0) is 56.0 Å². The van der Waals surface area contributed by atoms with E-state index in [1.165, 1.54) is 12.1 Å². The molecule has 1 fully saturated rings. The van der Waals surface area contributed by atoms with Crippen molar-refractivity contribution >= 4 is 15.9 Å². The molecule has 0 saturated heterocycles. The first kappa shape index (κ1) is 20.4. The Labute approximate surface area is 166 Å². The highest BCUT2D eigenvalue weighted by Crippen LogP contribution is 2.41. The summed E-state index contributed by atoms with van der Waals surface area (Å²) >= 11 is 0. The van der Waals surface area contributed by atoms with Crippen LogP contribution in [0.3, 0.4) is 0 Å². The van der Waals surface area contributed by atoms with Gasteiger partial charge in [-0.2, -0.15) is 0 Å². The number of amides is 1. The largest absolute Gasteiger partial charge is 0.494 e. The van der Waals surface area contributed by atoms with Crippen LogP contribution < -0.4 is 14.8 Å². The summed E-state index contributed by atoms with van der Waals surface area (Å²) in [6, 6.07) is 16.1. The summed E-state index contributed by atoms with van der Waals surface area (Å²) in [4.78, 5) is 12.6. The number of carbonyl (C=O) groups excluding carboxylic acids is 1. The van der Waals surface area contributed by atoms with E-state index >= 15 is 0 Å². The Balaban J connectivity index is 1.53. The van der Waals surface area contributed by atoms with Crippen LogP contribution in [0.1, 0.15) is 38.2 Å². The summed E-state index contributed by atoms with van der Waals surface area (Å²) in [5.41, 5.74) is 0.788. The minimum Gasteiger partial charge on any atom is -0.494 e. The minimum atomic E-state index is -3.66. The van der Waals surface area contributed by atoms with Gasteiger partial charge >= 0.3 is 0 Å². The smallest absolute Gasteiger partial charge is 0.240 e. The van der Waals surface area contributed by atoms with Gasteiger partial charge in [0.05, 0.1) is 17.0 Å². The third kappa shape index (κ3) is 4.72. The molecule has 0 atom stereocenters. The van der Waals surface area contributed by atoms with Crippen LogP contribution in [-0.2, 0) is 20.4 Å². The molecule has 1 saturated carbocycles. The molecule has 0 spiro atoms. The lowest BCUT2D eigenvalue weighted by Crippen LogP contribution is -2.51. The van der Waals surface area contributed by atoms with Crippen molar-refractivity contribution in [2.45, 2.75) is 43.0 Å². The summed E-state index contributed by atoms with van der Waals surface area (Å²) in [6.07, 6.45) is 2.96. The van der Waals surface area contributed by atoms with Crippen LogP contribution in [0.15, 0.2) is 59.5 Å². The van der Waals surface area contributed by atoms with Crippen molar-refractivity contribution in [2.75, 3.05) is 13.2 Å². The number of ether oxygens (including phenoxy) is 1. The molecule has 0 radical (unpaired) electrons. The van der Waals surface area contributed by atoms with Gasteiger partial charge in [0.15, 0.2) is 0 Å². The molecule has 150 valence electrons. The third-order valence-electron chi connectivity index (χ3n) is 5.00. The predicted octanol–water partition coefficient (Wildman–Crippen LogP) is 2.95. The Hall–Kier alpha value is -2.38. The van der Waals surface area contributed by atoms with Crippen LogP contribution in [0.4, 0.5) is 0 Å². The number of hydrogen-bond donors (Lipinski definition) is 2. The normalized spacial score (nSPS) is 15.5. The van der Waals surface area contributed by atoms with E-state index in [2.05, 4.69) is 10.0 Å². The zero-order valence-electron chi connectivity index (χ0n) is 16.0. The standard InChI is InChI=1S/C21H26N2O4S/c1-2-27-18-9-11-19(12-10-18)28(25,26)22-16-13-20(24)23-21(14-6-15-21)17-7-4-3-5-8-17/h3-5,7-12,22H,2,6,13-16H2,1H3,(H,23,24). The van der Waals surface area contributed by atoms with Gasteiger partial charge in [0.2, 0.25) is 15.9 Å². The van der Waals surface area contributed by atoms with E-state index in [-0.39, 0.29) is 29.3 Å². The monoisotopic (exact) mass is 402 g/mol. The first-order valence-electron chi connectivity index (χ1n) is 9.54. The summed E-state index contributed by atoms with van der Waals surface area (Å²) in [5, 5.41) is 3.10. The van der Waals surface area contributed by atoms with E-state index in [4.69, 9.17) is 4.74 Å². The molecule has 1 amide bonds. The van der Waals surface area contributed by atoms with Gasteiger partial charge in [-0.15, -0.1) is 0 Å². The van der Waals surface area contributed by atoms with Gasteiger partial charge in [-0.1, -0.05) is 30.3 Å². The highest BCUT2D eigenvalue weighted by atomic mass is 32.2. The Morgan fingerprint density at radius 3 is 2.32 bits per heavy atom. The molecule has 7 heteroatoms. The second-order valence-electron chi connectivity index (χ2n) is 6.90. The number of benzene rings is 2. The molecule has 2 aromatic carbocycles. The first-order chi connectivity index (χ1) is 13.5. The van der Waals surface area contributed by atoms with Crippen LogP contribution in [0, 0.1) is 0 Å². The van der Waals surface area contributed by atoms with E-state index < -0.39 is 10.0 Å². The Morgan fingerprint density at radius 2 is 1.75 bits per heavy atom. The third-order valence-corrected chi connectivity index (χ3v) is 6.48.